The zero-order chi connectivity index (χ0) is 12.5. The molecule has 2 heterocycles. The summed E-state index contributed by atoms with van der Waals surface area (Å²) in [5.41, 5.74) is -0.800. The fourth-order valence-corrected chi connectivity index (χ4v) is 2.09. The number of carboxylic acid groups (broad SMARTS) is 1. The van der Waals surface area contributed by atoms with Crippen molar-refractivity contribution in [3.8, 4) is 0 Å². The lowest BCUT2D eigenvalue weighted by Crippen LogP contribution is -2.47. The average Bonchev–Trinajstić information content (AvgIpc) is 2.80. The monoisotopic (exact) mass is 243 g/mol. The lowest BCUT2D eigenvalue weighted by atomic mass is 9.95. The van der Waals surface area contributed by atoms with Gasteiger partial charge in [0.25, 0.3) is 0 Å². The number of hydrogen-bond acceptors (Lipinski definition) is 4. The van der Waals surface area contributed by atoms with E-state index < -0.39 is 17.7 Å². The van der Waals surface area contributed by atoms with E-state index in [-0.39, 0.29) is 11.9 Å². The van der Waals surface area contributed by atoms with Crippen molar-refractivity contribution < 1.29 is 24.2 Å². The maximum atomic E-state index is 12.0. The molecule has 3 atom stereocenters. The van der Waals surface area contributed by atoms with Crippen LogP contribution in [0.2, 0.25) is 0 Å². The minimum Gasteiger partial charge on any atom is -0.465 e. The molecular weight excluding hydrogens is 226 g/mol. The van der Waals surface area contributed by atoms with Crippen LogP contribution in [0.4, 0.5) is 4.79 Å². The van der Waals surface area contributed by atoms with Gasteiger partial charge >= 0.3 is 6.09 Å². The first-order valence-corrected chi connectivity index (χ1v) is 5.80. The molecule has 2 aliphatic rings. The van der Waals surface area contributed by atoms with Crippen LogP contribution in [0.15, 0.2) is 0 Å². The average molecular weight is 243 g/mol. The maximum Gasteiger partial charge on any atom is 0.405 e. The summed E-state index contributed by atoms with van der Waals surface area (Å²) >= 11 is 0. The van der Waals surface area contributed by atoms with Crippen LogP contribution >= 0.6 is 0 Å². The van der Waals surface area contributed by atoms with Crippen molar-refractivity contribution in [3.05, 3.63) is 0 Å². The minimum absolute atomic E-state index is 0.0295. The van der Waals surface area contributed by atoms with E-state index in [9.17, 15) is 9.59 Å². The van der Waals surface area contributed by atoms with Gasteiger partial charge in [0.2, 0.25) is 0 Å². The Hall–Kier alpha value is -1.14. The molecule has 17 heavy (non-hydrogen) atoms. The highest BCUT2D eigenvalue weighted by molar-refractivity contribution is 5.95. The highest BCUT2D eigenvalue weighted by Gasteiger charge is 2.50. The molecule has 2 fully saturated rings. The van der Waals surface area contributed by atoms with Crippen LogP contribution in [0.25, 0.3) is 0 Å². The number of ketones is 1. The largest absolute Gasteiger partial charge is 0.465 e. The lowest BCUT2D eigenvalue weighted by Gasteiger charge is -2.20. The summed E-state index contributed by atoms with van der Waals surface area (Å²) < 4.78 is 10.5. The molecule has 0 aromatic carbocycles. The van der Waals surface area contributed by atoms with Crippen LogP contribution in [0.5, 0.6) is 0 Å². The van der Waals surface area contributed by atoms with E-state index in [1.807, 2.05) is 0 Å². The Morgan fingerprint density at radius 3 is 2.76 bits per heavy atom. The van der Waals surface area contributed by atoms with Gasteiger partial charge in [0.05, 0.1) is 18.8 Å². The number of epoxide rings is 1. The van der Waals surface area contributed by atoms with E-state index in [4.69, 9.17) is 14.6 Å². The summed E-state index contributed by atoms with van der Waals surface area (Å²) in [7, 11) is 0. The first-order valence-electron chi connectivity index (χ1n) is 5.80. The fraction of sp³-hybridized carbons (Fsp3) is 0.818. The van der Waals surface area contributed by atoms with Crippen LogP contribution in [-0.2, 0) is 14.3 Å². The first-order chi connectivity index (χ1) is 8.01. The molecule has 2 saturated heterocycles. The molecule has 0 aromatic heterocycles. The normalized spacial score (nSPS) is 33.1. The van der Waals surface area contributed by atoms with Crippen LogP contribution < -0.4 is 5.32 Å². The molecule has 2 aliphatic heterocycles. The first kappa shape index (κ1) is 12.3. The van der Waals surface area contributed by atoms with Crippen molar-refractivity contribution in [2.24, 2.45) is 0 Å². The topological polar surface area (TPSA) is 88.2 Å². The van der Waals surface area contributed by atoms with Gasteiger partial charge in [0, 0.05) is 13.0 Å². The zero-order valence-electron chi connectivity index (χ0n) is 9.77. The number of nitrogens with one attached hydrogen (secondary N) is 1. The second-order valence-corrected chi connectivity index (χ2v) is 4.76. The molecule has 0 spiro atoms. The number of amides is 1. The molecule has 2 N–H and O–H groups in total. The Morgan fingerprint density at radius 1 is 1.59 bits per heavy atom. The third-order valence-electron chi connectivity index (χ3n) is 3.24. The van der Waals surface area contributed by atoms with E-state index in [0.29, 0.717) is 19.6 Å². The quantitative estimate of drug-likeness (QED) is 0.688. The summed E-state index contributed by atoms with van der Waals surface area (Å²) in [5.74, 6) is -0.199. The van der Waals surface area contributed by atoms with Crippen molar-refractivity contribution in [1.82, 2.24) is 5.32 Å². The van der Waals surface area contributed by atoms with Gasteiger partial charge in [-0.05, 0) is 19.8 Å². The van der Waals surface area contributed by atoms with Crippen molar-refractivity contribution in [2.75, 3.05) is 13.2 Å². The SMILES string of the molecule is C[C@@]1(C(=O)[C@H](C[C@@H]2CCCO2)NC(=O)O)CO1. The van der Waals surface area contributed by atoms with E-state index in [0.717, 1.165) is 12.8 Å². The maximum absolute atomic E-state index is 12.0. The molecule has 0 aromatic rings. The van der Waals surface area contributed by atoms with Crippen molar-refractivity contribution >= 4 is 11.9 Å². The molecule has 0 saturated carbocycles. The lowest BCUT2D eigenvalue weighted by molar-refractivity contribution is -0.126. The molecule has 6 nitrogen and oxygen atoms in total. The summed E-state index contributed by atoms with van der Waals surface area (Å²) in [4.78, 5) is 22.7. The third-order valence-corrected chi connectivity index (χ3v) is 3.24. The van der Waals surface area contributed by atoms with Gasteiger partial charge in [0.1, 0.15) is 5.60 Å². The molecule has 0 aliphatic carbocycles. The molecule has 0 bridgehead atoms. The molecule has 96 valence electrons. The second-order valence-electron chi connectivity index (χ2n) is 4.76. The molecule has 0 radical (unpaired) electrons. The van der Waals surface area contributed by atoms with Gasteiger partial charge < -0.3 is 19.9 Å². The molecule has 2 rings (SSSR count). The Kier molecular flexibility index (Phi) is 3.35. The van der Waals surface area contributed by atoms with E-state index in [1.165, 1.54) is 0 Å². The van der Waals surface area contributed by atoms with Gasteiger partial charge in [-0.2, -0.15) is 0 Å². The molecule has 1 amide bonds. The van der Waals surface area contributed by atoms with Gasteiger partial charge in [-0.1, -0.05) is 0 Å². The number of hydrogen-bond donors (Lipinski definition) is 2. The zero-order valence-corrected chi connectivity index (χ0v) is 9.77. The van der Waals surface area contributed by atoms with Gasteiger partial charge in [-0.15, -0.1) is 0 Å². The standard InChI is InChI=1S/C11H17NO5/c1-11(6-17-11)9(13)8(12-10(14)15)5-7-3-2-4-16-7/h7-8,12H,2-6H2,1H3,(H,14,15)/t7-,8-,11-/m0/s1. The molecule has 0 unspecified atom stereocenters. The van der Waals surface area contributed by atoms with Crippen molar-refractivity contribution in [3.63, 3.8) is 0 Å². The number of carbonyl (C=O) groups excluding carboxylic acids is 1. The third kappa shape index (κ3) is 2.95. The Morgan fingerprint density at radius 2 is 2.29 bits per heavy atom. The van der Waals surface area contributed by atoms with Gasteiger partial charge in [-0.25, -0.2) is 4.79 Å². The van der Waals surface area contributed by atoms with E-state index in [2.05, 4.69) is 5.32 Å². The van der Waals surface area contributed by atoms with Gasteiger partial charge in [-0.3, -0.25) is 4.79 Å². The summed E-state index contributed by atoms with van der Waals surface area (Å²) in [6.45, 7) is 2.74. The molecule has 6 heteroatoms. The highest BCUT2D eigenvalue weighted by Crippen LogP contribution is 2.30. The Labute approximate surface area is 99.3 Å². The van der Waals surface area contributed by atoms with Gasteiger partial charge in [0.15, 0.2) is 5.78 Å². The Bertz CT molecular complexity index is 320. The van der Waals surface area contributed by atoms with Crippen LogP contribution in [0.1, 0.15) is 26.2 Å². The number of carbonyl (C=O) groups is 2. The minimum atomic E-state index is -1.19. The predicted octanol–water partition coefficient (Wildman–Crippen LogP) is 0.550. The summed E-state index contributed by atoms with van der Waals surface area (Å²) in [6.07, 6.45) is 1.02. The smallest absolute Gasteiger partial charge is 0.405 e. The number of ether oxygens (including phenoxy) is 2. The van der Waals surface area contributed by atoms with E-state index >= 15 is 0 Å². The van der Waals surface area contributed by atoms with Crippen molar-refractivity contribution in [2.45, 2.75) is 43.9 Å². The number of Topliss-reactive ketones (excluding diaryl/α,β-unsaturated/α-hetero) is 1. The summed E-state index contributed by atoms with van der Waals surface area (Å²) in [5, 5.41) is 11.0. The van der Waals surface area contributed by atoms with Crippen LogP contribution in [0.3, 0.4) is 0 Å². The molecular formula is C11H17NO5. The fourth-order valence-electron chi connectivity index (χ4n) is 2.09. The second kappa shape index (κ2) is 4.62. The number of rotatable bonds is 5. The van der Waals surface area contributed by atoms with Crippen LogP contribution in [-0.4, -0.2) is 47.9 Å². The van der Waals surface area contributed by atoms with Crippen LogP contribution in [0, 0.1) is 0 Å². The van der Waals surface area contributed by atoms with E-state index in [1.54, 1.807) is 6.92 Å². The van der Waals surface area contributed by atoms with Crippen molar-refractivity contribution in [1.29, 1.82) is 0 Å². The predicted molar refractivity (Wildman–Crippen MR) is 57.9 cm³/mol. The Balaban J connectivity index is 1.96. The highest BCUT2D eigenvalue weighted by atomic mass is 16.6. The summed E-state index contributed by atoms with van der Waals surface area (Å²) in [6, 6.07) is -0.733.